The third-order valence-corrected chi connectivity index (χ3v) is 5.67. The molecule has 1 fully saturated rings. The maximum absolute atomic E-state index is 9.93. The van der Waals surface area contributed by atoms with Crippen LogP contribution in [0.25, 0.3) is 22.0 Å². The first-order valence-electron chi connectivity index (χ1n) is 9.33. The van der Waals surface area contributed by atoms with E-state index in [0.29, 0.717) is 17.1 Å². The quantitative estimate of drug-likeness (QED) is 0.594. The second kappa shape index (κ2) is 7.37. The highest BCUT2D eigenvalue weighted by Gasteiger charge is 2.19. The van der Waals surface area contributed by atoms with E-state index in [9.17, 15) is 5.11 Å². The van der Waals surface area contributed by atoms with E-state index in [1.165, 1.54) is 0 Å². The molecule has 1 aliphatic carbocycles. The Morgan fingerprint density at radius 3 is 2.67 bits per heavy atom. The highest BCUT2D eigenvalue weighted by atomic mass is 35.5. The fraction of sp³-hybridized carbons (Fsp3) is 0.318. The number of rotatable bonds is 3. The van der Waals surface area contributed by atoms with Crippen molar-refractivity contribution in [2.45, 2.75) is 44.7 Å². The molecule has 4 N–H and O–H groups in total. The summed E-state index contributed by atoms with van der Waals surface area (Å²) in [6, 6.07) is 13.9. The van der Waals surface area contributed by atoms with Crippen LogP contribution < -0.4 is 11.1 Å². The number of hydrogen-bond acceptors (Lipinski definition) is 4. The Labute approximate surface area is 164 Å². The topological polar surface area (TPSA) is 71.2 Å². The molecule has 0 unspecified atom stereocenters. The zero-order valence-electron chi connectivity index (χ0n) is 15.3. The lowest BCUT2D eigenvalue weighted by atomic mass is 9.91. The summed E-state index contributed by atoms with van der Waals surface area (Å²) in [5.74, 6) is 0.133. The Hall–Kier alpha value is -2.30. The number of pyridine rings is 1. The number of benzene rings is 2. The Morgan fingerprint density at radius 2 is 1.93 bits per heavy atom. The molecule has 4 rings (SSSR count). The fourth-order valence-electron chi connectivity index (χ4n) is 3.76. The summed E-state index contributed by atoms with van der Waals surface area (Å²) in [6.45, 7) is 1.85. The molecular weight excluding hydrogens is 358 g/mol. The Bertz CT molecular complexity index is 957. The lowest BCUT2D eigenvalue weighted by Crippen LogP contribution is -2.32. The minimum atomic E-state index is 0.133. The number of halogens is 1. The molecule has 27 heavy (non-hydrogen) atoms. The second-order valence-corrected chi connectivity index (χ2v) is 7.80. The monoisotopic (exact) mass is 380 g/mol. The molecule has 4 nitrogen and oxygen atoms in total. The molecule has 1 aromatic heterocycles. The maximum Gasteiger partial charge on any atom is 0.137 e. The number of aryl methyl sites for hydroxylation is 1. The number of aromatic nitrogens is 1. The van der Waals surface area contributed by atoms with Crippen molar-refractivity contribution in [1.82, 2.24) is 4.98 Å². The Balaban J connectivity index is 1.71. The summed E-state index contributed by atoms with van der Waals surface area (Å²) in [5, 5.41) is 15.0. The fourth-order valence-corrected chi connectivity index (χ4v) is 4.03. The van der Waals surface area contributed by atoms with Crippen molar-refractivity contribution < 1.29 is 5.11 Å². The summed E-state index contributed by atoms with van der Waals surface area (Å²) < 4.78 is 0. The molecule has 3 aromatic rings. The van der Waals surface area contributed by atoms with Gasteiger partial charge in [0.05, 0.1) is 16.2 Å². The molecule has 0 spiro atoms. The number of nitrogens with two attached hydrogens (primary N) is 1. The first kappa shape index (κ1) is 18.1. The van der Waals surface area contributed by atoms with Crippen molar-refractivity contribution in [2.24, 2.45) is 5.73 Å². The van der Waals surface area contributed by atoms with Crippen LogP contribution >= 0.6 is 11.6 Å². The minimum Gasteiger partial charge on any atom is -0.506 e. The van der Waals surface area contributed by atoms with Crippen molar-refractivity contribution in [1.29, 1.82) is 0 Å². The van der Waals surface area contributed by atoms with Crippen LogP contribution in [0, 0.1) is 13.0 Å². The molecule has 0 aliphatic heterocycles. The molecule has 0 bridgehead atoms. The molecule has 1 saturated carbocycles. The smallest absolute Gasteiger partial charge is 0.137 e. The number of aromatic hydroxyl groups is 1. The summed E-state index contributed by atoms with van der Waals surface area (Å²) in [7, 11) is 0. The predicted octanol–water partition coefficient (Wildman–Crippen LogP) is 5.05. The van der Waals surface area contributed by atoms with Crippen molar-refractivity contribution >= 4 is 28.2 Å². The molecule has 0 amide bonds. The molecule has 1 aliphatic rings. The third kappa shape index (κ3) is 3.73. The van der Waals surface area contributed by atoms with Crippen LogP contribution in [0.3, 0.4) is 0 Å². The van der Waals surface area contributed by atoms with Crippen LogP contribution in [-0.4, -0.2) is 22.2 Å². The highest BCUT2D eigenvalue weighted by molar-refractivity contribution is 6.32. The van der Waals surface area contributed by atoms with E-state index < -0.39 is 0 Å². The van der Waals surface area contributed by atoms with Crippen molar-refractivity contribution in [2.75, 3.05) is 5.32 Å². The van der Waals surface area contributed by atoms with Crippen LogP contribution in [0.15, 0.2) is 36.5 Å². The van der Waals surface area contributed by atoms with Crippen molar-refractivity contribution in [3.8, 4) is 16.9 Å². The lowest BCUT2D eigenvalue weighted by Gasteiger charge is -2.28. The molecule has 1 heterocycles. The van der Waals surface area contributed by atoms with Gasteiger partial charge in [0, 0.05) is 29.7 Å². The second-order valence-electron chi connectivity index (χ2n) is 7.39. The molecular formula is C22H23ClN3O. The van der Waals surface area contributed by atoms with Crippen molar-refractivity contribution in [3.63, 3.8) is 0 Å². The number of hydrogen-bond donors (Lipinski definition) is 3. The summed E-state index contributed by atoms with van der Waals surface area (Å²) >= 11 is 6.17. The first-order chi connectivity index (χ1) is 13.0. The zero-order chi connectivity index (χ0) is 19.0. The standard InChI is InChI=1S/C22H23ClN3O/c1-13-10-15(12-19(23)22(13)27)14-2-7-20-18(11-14)21(8-9-25-20)26-17-5-3-16(24)4-6-17/h2,7,9-12,16-17,27H,3-6,24H2,1H3,(H,25,26)/t16-,17-. The molecule has 5 heteroatoms. The minimum absolute atomic E-state index is 0.133. The largest absolute Gasteiger partial charge is 0.506 e. The van der Waals surface area contributed by atoms with E-state index in [0.717, 1.165) is 59.0 Å². The summed E-state index contributed by atoms with van der Waals surface area (Å²) in [6.07, 6.45) is 5.98. The van der Waals surface area contributed by atoms with Gasteiger partial charge in [0.25, 0.3) is 0 Å². The number of nitrogens with zero attached hydrogens (tertiary/aromatic N) is 1. The Kier molecular flexibility index (Phi) is 4.94. The van der Waals surface area contributed by atoms with Crippen LogP contribution in [0.5, 0.6) is 5.75 Å². The average Bonchev–Trinajstić information content (AvgIpc) is 2.67. The van der Waals surface area contributed by atoms with Gasteiger partial charge in [0.15, 0.2) is 0 Å². The zero-order valence-corrected chi connectivity index (χ0v) is 16.1. The van der Waals surface area contributed by atoms with E-state index in [-0.39, 0.29) is 5.75 Å². The Morgan fingerprint density at radius 1 is 1.15 bits per heavy atom. The maximum atomic E-state index is 9.93. The van der Waals surface area contributed by atoms with E-state index in [2.05, 4.69) is 22.4 Å². The van der Waals surface area contributed by atoms with Gasteiger partial charge in [-0.25, -0.2) is 0 Å². The van der Waals surface area contributed by atoms with Crippen LogP contribution in [0.4, 0.5) is 5.69 Å². The van der Waals surface area contributed by atoms with E-state index in [1.54, 1.807) is 12.3 Å². The molecule has 1 radical (unpaired) electrons. The number of anilines is 1. The molecule has 139 valence electrons. The number of phenolic OH excluding ortho intramolecular Hbond substituents is 1. The van der Waals surface area contributed by atoms with E-state index in [4.69, 9.17) is 17.3 Å². The van der Waals surface area contributed by atoms with Gasteiger partial charge in [-0.1, -0.05) is 17.7 Å². The average molecular weight is 381 g/mol. The van der Waals surface area contributed by atoms with Gasteiger partial charge in [-0.2, -0.15) is 0 Å². The molecule has 0 atom stereocenters. The number of phenols is 1. The lowest BCUT2D eigenvalue weighted by molar-refractivity contribution is 0.411. The first-order valence-corrected chi connectivity index (χ1v) is 9.71. The normalized spacial score (nSPS) is 20.0. The van der Waals surface area contributed by atoms with Gasteiger partial charge >= 0.3 is 0 Å². The van der Waals surface area contributed by atoms with Crippen molar-refractivity contribution in [3.05, 3.63) is 53.2 Å². The summed E-state index contributed by atoms with van der Waals surface area (Å²) in [4.78, 5) is 4.45. The third-order valence-electron chi connectivity index (χ3n) is 5.39. The van der Waals surface area contributed by atoms with E-state index in [1.807, 2.05) is 25.1 Å². The number of fused-ring (bicyclic) bond motifs is 1. The van der Waals surface area contributed by atoms with Gasteiger partial charge < -0.3 is 16.2 Å². The highest BCUT2D eigenvalue weighted by Crippen LogP contribution is 2.35. The van der Waals surface area contributed by atoms with Gasteiger partial charge in [-0.15, -0.1) is 0 Å². The van der Waals surface area contributed by atoms with Gasteiger partial charge in [0.1, 0.15) is 5.75 Å². The molecule has 0 saturated heterocycles. The van der Waals surface area contributed by atoms with Crippen LogP contribution in [0.1, 0.15) is 31.2 Å². The van der Waals surface area contributed by atoms with Crippen LogP contribution in [0.2, 0.25) is 5.02 Å². The number of nitrogens with one attached hydrogen (secondary N) is 1. The van der Waals surface area contributed by atoms with Gasteiger partial charge in [-0.05, 0) is 73.6 Å². The van der Waals surface area contributed by atoms with E-state index >= 15 is 0 Å². The van der Waals surface area contributed by atoms with Crippen LogP contribution in [-0.2, 0) is 0 Å². The van der Waals surface area contributed by atoms with Gasteiger partial charge in [0.2, 0.25) is 0 Å². The summed E-state index contributed by atoms with van der Waals surface area (Å²) in [5.41, 5.74) is 10.7. The predicted molar refractivity (Wildman–Crippen MR) is 111 cm³/mol. The SMILES string of the molecule is Cc1cc(-c2ccc3nc[c]c(N[C@H]4CC[C@H](N)CC4)c3c2)cc(Cl)c1O. The molecule has 2 aromatic carbocycles. The van der Waals surface area contributed by atoms with Gasteiger partial charge in [-0.3, -0.25) is 4.98 Å².